The molecule has 1 amide bonds. The lowest BCUT2D eigenvalue weighted by Crippen LogP contribution is -2.45. The fourth-order valence-corrected chi connectivity index (χ4v) is 5.18. The van der Waals surface area contributed by atoms with E-state index in [-0.39, 0.29) is 17.6 Å². The first kappa shape index (κ1) is 25.1. The summed E-state index contributed by atoms with van der Waals surface area (Å²) < 4.78 is 11.7. The van der Waals surface area contributed by atoms with Crippen LogP contribution in [-0.2, 0) is 9.47 Å². The van der Waals surface area contributed by atoms with Crippen LogP contribution >= 0.6 is 46.4 Å². The molecule has 1 unspecified atom stereocenters. The van der Waals surface area contributed by atoms with E-state index in [1.807, 2.05) is 12.1 Å². The summed E-state index contributed by atoms with van der Waals surface area (Å²) in [6.07, 6.45) is 2.59. The first-order valence-corrected chi connectivity index (χ1v) is 12.5. The largest absolute Gasteiger partial charge is 0.351 e. The fourth-order valence-electron chi connectivity index (χ4n) is 4.38. The van der Waals surface area contributed by atoms with Crippen molar-refractivity contribution >= 4 is 52.3 Å². The van der Waals surface area contributed by atoms with Crippen molar-refractivity contribution < 1.29 is 14.3 Å². The van der Waals surface area contributed by atoms with Crippen molar-refractivity contribution in [3.05, 3.63) is 67.6 Å². The van der Waals surface area contributed by atoms with E-state index in [1.54, 1.807) is 24.3 Å². The summed E-state index contributed by atoms with van der Waals surface area (Å²) in [5, 5.41) is 4.84. The predicted octanol–water partition coefficient (Wildman–Crippen LogP) is 6.04. The zero-order valence-corrected chi connectivity index (χ0v) is 21.1. The second-order valence-corrected chi connectivity index (χ2v) is 10.1. The van der Waals surface area contributed by atoms with E-state index in [0.29, 0.717) is 45.4 Å². The number of nitrogens with zero attached hydrogens (tertiary/aromatic N) is 1. The summed E-state index contributed by atoms with van der Waals surface area (Å²) in [4.78, 5) is 15.2. The van der Waals surface area contributed by atoms with E-state index < -0.39 is 0 Å². The van der Waals surface area contributed by atoms with Gasteiger partial charge >= 0.3 is 0 Å². The van der Waals surface area contributed by atoms with E-state index >= 15 is 0 Å². The number of nitrogens with one attached hydrogen (secondary N) is 1. The van der Waals surface area contributed by atoms with Crippen molar-refractivity contribution in [2.24, 2.45) is 0 Å². The molecule has 1 N–H and O–H groups in total. The summed E-state index contributed by atoms with van der Waals surface area (Å²) in [5.74, 6) is -0.562. The monoisotopic (exact) mass is 530 g/mol. The minimum atomic E-state index is -0.384. The molecule has 2 aromatic carbocycles. The number of piperidine rings is 1. The van der Waals surface area contributed by atoms with Crippen LogP contribution in [0, 0.1) is 0 Å². The fraction of sp³-hybridized carbons (Fsp3) is 0.458. The Morgan fingerprint density at radius 2 is 1.70 bits per heavy atom. The van der Waals surface area contributed by atoms with Gasteiger partial charge in [0.1, 0.15) is 0 Å². The molecule has 0 radical (unpaired) electrons. The van der Waals surface area contributed by atoms with Gasteiger partial charge in [0, 0.05) is 43.4 Å². The molecule has 5 nitrogen and oxygen atoms in total. The second-order valence-electron chi connectivity index (χ2n) is 8.44. The van der Waals surface area contributed by atoms with Gasteiger partial charge in [0.2, 0.25) is 0 Å². The summed E-state index contributed by atoms with van der Waals surface area (Å²) in [7, 11) is 0. The van der Waals surface area contributed by atoms with Gasteiger partial charge in [-0.2, -0.15) is 0 Å². The number of likely N-dealkylation sites (tertiary alicyclic amines) is 1. The van der Waals surface area contributed by atoms with Crippen molar-refractivity contribution in [3.63, 3.8) is 0 Å². The molecule has 33 heavy (non-hydrogen) atoms. The highest BCUT2D eigenvalue weighted by molar-refractivity contribution is 6.42. The number of hydrogen-bond donors (Lipinski definition) is 1. The van der Waals surface area contributed by atoms with E-state index in [2.05, 4.69) is 10.2 Å². The molecule has 2 fully saturated rings. The van der Waals surface area contributed by atoms with Crippen molar-refractivity contribution in [1.82, 2.24) is 10.2 Å². The Balaban J connectivity index is 1.40. The average Bonchev–Trinajstić information content (AvgIpc) is 3.25. The Morgan fingerprint density at radius 3 is 2.36 bits per heavy atom. The lowest BCUT2D eigenvalue weighted by molar-refractivity contribution is -0.185. The first-order valence-electron chi connectivity index (χ1n) is 11.0. The molecular weight excluding hydrogens is 506 g/mol. The summed E-state index contributed by atoms with van der Waals surface area (Å²) in [6.45, 7) is 4.52. The van der Waals surface area contributed by atoms with Gasteiger partial charge in [0.25, 0.3) is 5.91 Å². The van der Waals surface area contributed by atoms with Gasteiger partial charge < -0.3 is 19.7 Å². The minimum Gasteiger partial charge on any atom is -0.351 e. The molecule has 2 aromatic rings. The average molecular weight is 532 g/mol. The Hall–Kier alpha value is -1.05. The normalized spacial score (nSPS) is 19.0. The number of rotatable bonds is 7. The van der Waals surface area contributed by atoms with E-state index in [0.717, 1.165) is 44.5 Å². The third-order valence-corrected chi connectivity index (χ3v) is 7.61. The lowest BCUT2D eigenvalue weighted by atomic mass is 9.94. The Bertz CT molecular complexity index is 988. The van der Waals surface area contributed by atoms with Crippen LogP contribution in [0.2, 0.25) is 20.1 Å². The molecular formula is C24H26Cl4N2O3. The Labute approximate surface area is 214 Å². The molecule has 9 heteroatoms. The van der Waals surface area contributed by atoms with E-state index in [9.17, 15) is 4.79 Å². The van der Waals surface area contributed by atoms with Crippen LogP contribution in [0.25, 0.3) is 0 Å². The number of carbonyl (C=O) groups is 1. The lowest BCUT2D eigenvalue weighted by Gasteiger charge is -2.38. The molecule has 1 spiro atoms. The van der Waals surface area contributed by atoms with Crippen LogP contribution in [0.4, 0.5) is 0 Å². The van der Waals surface area contributed by atoms with Crippen molar-refractivity contribution in [3.8, 4) is 0 Å². The number of carbonyl (C=O) groups excluding carboxylic acids is 1. The molecule has 2 saturated heterocycles. The molecule has 0 bridgehead atoms. The van der Waals surface area contributed by atoms with Gasteiger partial charge in [-0.1, -0.05) is 52.5 Å². The molecule has 178 valence electrons. The standard InChI is InChI=1S/C24H26Cl4N2O3/c25-18-2-3-19(21(27)14-18)23(31)29-15-17(16-1-4-20(26)22(28)13-16)5-8-30-9-6-24(7-10-30)32-11-12-33-24/h1-4,13-14,17H,5-12,15H2,(H,29,31). The van der Waals surface area contributed by atoms with Crippen LogP contribution in [0.5, 0.6) is 0 Å². The van der Waals surface area contributed by atoms with Crippen molar-refractivity contribution in [1.29, 1.82) is 0 Å². The zero-order chi connectivity index (χ0) is 23.4. The van der Waals surface area contributed by atoms with Gasteiger partial charge in [0.15, 0.2) is 5.79 Å². The molecule has 2 aliphatic rings. The number of hydrogen-bond acceptors (Lipinski definition) is 4. The van der Waals surface area contributed by atoms with Crippen LogP contribution < -0.4 is 5.32 Å². The topological polar surface area (TPSA) is 50.8 Å². The zero-order valence-electron chi connectivity index (χ0n) is 18.1. The third-order valence-electron chi connectivity index (χ3n) is 6.33. The molecule has 0 saturated carbocycles. The molecule has 4 rings (SSSR count). The van der Waals surface area contributed by atoms with E-state index in [1.165, 1.54) is 0 Å². The Morgan fingerprint density at radius 1 is 0.970 bits per heavy atom. The molecule has 0 aromatic heterocycles. The number of halogens is 4. The number of benzene rings is 2. The number of ether oxygens (including phenoxy) is 2. The highest BCUT2D eigenvalue weighted by Gasteiger charge is 2.39. The van der Waals surface area contributed by atoms with Crippen LogP contribution in [-0.4, -0.2) is 56.0 Å². The molecule has 2 aliphatic heterocycles. The molecule has 2 heterocycles. The highest BCUT2D eigenvalue weighted by atomic mass is 35.5. The SMILES string of the molecule is O=C(NCC(CCN1CCC2(CC1)OCCO2)c1ccc(Cl)c(Cl)c1)c1ccc(Cl)cc1Cl. The maximum atomic E-state index is 12.8. The summed E-state index contributed by atoms with van der Waals surface area (Å²) in [5.41, 5.74) is 1.43. The van der Waals surface area contributed by atoms with Gasteiger partial charge in [0.05, 0.1) is 33.8 Å². The second kappa shape index (κ2) is 11.1. The maximum absolute atomic E-state index is 12.8. The van der Waals surface area contributed by atoms with E-state index in [4.69, 9.17) is 55.9 Å². The first-order chi connectivity index (χ1) is 15.8. The van der Waals surface area contributed by atoms with Gasteiger partial charge in [-0.15, -0.1) is 0 Å². The maximum Gasteiger partial charge on any atom is 0.252 e. The number of amides is 1. The predicted molar refractivity (Wildman–Crippen MR) is 133 cm³/mol. The molecule has 0 aliphatic carbocycles. The quantitative estimate of drug-likeness (QED) is 0.473. The Kier molecular flexibility index (Phi) is 8.45. The third kappa shape index (κ3) is 6.34. The van der Waals surface area contributed by atoms with Crippen LogP contribution in [0.15, 0.2) is 36.4 Å². The smallest absolute Gasteiger partial charge is 0.252 e. The summed E-state index contributed by atoms with van der Waals surface area (Å²) in [6, 6.07) is 10.5. The van der Waals surface area contributed by atoms with Crippen LogP contribution in [0.3, 0.4) is 0 Å². The van der Waals surface area contributed by atoms with Crippen LogP contribution in [0.1, 0.15) is 41.1 Å². The minimum absolute atomic E-state index is 0.0599. The van der Waals surface area contributed by atoms with Gasteiger partial charge in [-0.05, 0) is 48.9 Å². The van der Waals surface area contributed by atoms with Gasteiger partial charge in [-0.25, -0.2) is 0 Å². The van der Waals surface area contributed by atoms with Crippen molar-refractivity contribution in [2.45, 2.75) is 31.0 Å². The van der Waals surface area contributed by atoms with Crippen molar-refractivity contribution in [2.75, 3.05) is 39.4 Å². The highest BCUT2D eigenvalue weighted by Crippen LogP contribution is 2.32. The van der Waals surface area contributed by atoms with Gasteiger partial charge in [-0.3, -0.25) is 4.79 Å². The summed E-state index contributed by atoms with van der Waals surface area (Å²) >= 11 is 24.6. The molecule has 1 atom stereocenters.